The minimum atomic E-state index is -0.696. The van der Waals surface area contributed by atoms with E-state index in [-0.39, 0.29) is 18.2 Å². The molecule has 1 aromatic carbocycles. The van der Waals surface area contributed by atoms with E-state index in [4.69, 9.17) is 16.3 Å². The molecule has 0 aliphatic rings. The van der Waals surface area contributed by atoms with Crippen molar-refractivity contribution in [3.63, 3.8) is 0 Å². The maximum Gasteiger partial charge on any atom is 0.318 e. The largest absolute Gasteiger partial charge is 0.504 e. The maximum atomic E-state index is 12.1. The normalized spacial score (nSPS) is 12.3. The Labute approximate surface area is 133 Å². The fourth-order valence-corrected chi connectivity index (χ4v) is 1.94. The van der Waals surface area contributed by atoms with Crippen molar-refractivity contribution < 1.29 is 14.6 Å². The molecule has 114 valence electrons. The van der Waals surface area contributed by atoms with Crippen molar-refractivity contribution in [1.29, 1.82) is 0 Å². The van der Waals surface area contributed by atoms with Crippen LogP contribution in [0.15, 0.2) is 47.6 Å². The van der Waals surface area contributed by atoms with Crippen LogP contribution in [-0.2, 0) is 9.53 Å². The van der Waals surface area contributed by atoms with Gasteiger partial charge in [-0.05, 0) is 36.8 Å². The predicted molar refractivity (Wildman–Crippen MR) is 84.9 cm³/mol. The Hall–Kier alpha value is -2.40. The minimum Gasteiger partial charge on any atom is -0.504 e. The standard InChI is InChI=1S/C16H15ClN2O3/c1-2-22-16(21)13(11-5-7-12(17)8-6-11)10-19-15-14(20)4-3-9-18-15/h3-10,13,20H,2H2,1H3. The average molecular weight is 319 g/mol. The van der Waals surface area contributed by atoms with Crippen LogP contribution in [0.3, 0.4) is 0 Å². The zero-order valence-electron chi connectivity index (χ0n) is 11.9. The van der Waals surface area contributed by atoms with Crippen molar-refractivity contribution in [2.45, 2.75) is 12.8 Å². The molecule has 0 saturated carbocycles. The lowest BCUT2D eigenvalue weighted by Gasteiger charge is -2.11. The lowest BCUT2D eigenvalue weighted by molar-refractivity contribution is -0.143. The number of nitrogens with zero attached hydrogens (tertiary/aromatic N) is 2. The highest BCUT2D eigenvalue weighted by Gasteiger charge is 2.20. The number of aromatic hydroxyl groups is 1. The molecule has 1 N–H and O–H groups in total. The molecule has 2 rings (SSSR count). The molecule has 2 aromatic rings. The van der Waals surface area contributed by atoms with Gasteiger partial charge in [0.05, 0.1) is 6.61 Å². The molecule has 0 saturated heterocycles. The van der Waals surface area contributed by atoms with Gasteiger partial charge in [-0.15, -0.1) is 0 Å². The van der Waals surface area contributed by atoms with Crippen LogP contribution in [0, 0.1) is 0 Å². The lowest BCUT2D eigenvalue weighted by Crippen LogP contribution is -2.17. The first-order valence-corrected chi connectivity index (χ1v) is 7.10. The maximum absolute atomic E-state index is 12.1. The number of carbonyl (C=O) groups is 1. The van der Waals surface area contributed by atoms with E-state index < -0.39 is 11.9 Å². The minimum absolute atomic E-state index is 0.0579. The predicted octanol–water partition coefficient (Wildman–Crippen LogP) is 3.49. The summed E-state index contributed by atoms with van der Waals surface area (Å²) in [6, 6.07) is 9.91. The summed E-state index contributed by atoms with van der Waals surface area (Å²) in [7, 11) is 0. The van der Waals surface area contributed by atoms with Gasteiger partial charge in [-0.3, -0.25) is 4.79 Å². The summed E-state index contributed by atoms with van der Waals surface area (Å²) in [6.45, 7) is 2.00. The van der Waals surface area contributed by atoms with Gasteiger partial charge in [-0.1, -0.05) is 23.7 Å². The van der Waals surface area contributed by atoms with Gasteiger partial charge >= 0.3 is 5.97 Å². The molecule has 1 heterocycles. The Kier molecular flexibility index (Phi) is 5.49. The number of esters is 1. The first-order valence-electron chi connectivity index (χ1n) is 6.72. The van der Waals surface area contributed by atoms with Crippen LogP contribution in [0.5, 0.6) is 5.75 Å². The van der Waals surface area contributed by atoms with Gasteiger partial charge in [0.25, 0.3) is 0 Å². The van der Waals surface area contributed by atoms with Gasteiger partial charge < -0.3 is 9.84 Å². The average Bonchev–Trinajstić information content (AvgIpc) is 2.51. The smallest absolute Gasteiger partial charge is 0.318 e. The van der Waals surface area contributed by atoms with Gasteiger partial charge in [0.2, 0.25) is 0 Å². The third-order valence-corrected chi connectivity index (χ3v) is 3.13. The van der Waals surface area contributed by atoms with Gasteiger partial charge in [0.1, 0.15) is 5.92 Å². The first kappa shape index (κ1) is 16.0. The second-order valence-corrected chi connectivity index (χ2v) is 4.84. The van der Waals surface area contributed by atoms with Crippen LogP contribution >= 0.6 is 11.6 Å². The van der Waals surface area contributed by atoms with E-state index in [2.05, 4.69) is 9.98 Å². The SMILES string of the molecule is CCOC(=O)C(C=Nc1ncccc1O)c1ccc(Cl)cc1. The fraction of sp³-hybridized carbons (Fsp3) is 0.188. The molecule has 1 unspecified atom stereocenters. The van der Waals surface area contributed by atoms with Gasteiger partial charge in [-0.2, -0.15) is 0 Å². The second-order valence-electron chi connectivity index (χ2n) is 4.41. The van der Waals surface area contributed by atoms with Crippen LogP contribution in [0.25, 0.3) is 0 Å². The summed E-state index contributed by atoms with van der Waals surface area (Å²) in [5.74, 6) is -1.04. The van der Waals surface area contributed by atoms with E-state index in [0.29, 0.717) is 10.6 Å². The number of hydrogen-bond acceptors (Lipinski definition) is 5. The molecular formula is C16H15ClN2O3. The lowest BCUT2D eigenvalue weighted by atomic mass is 10.0. The summed E-state index contributed by atoms with van der Waals surface area (Å²) >= 11 is 5.86. The molecule has 0 fully saturated rings. The molecular weight excluding hydrogens is 304 g/mol. The van der Waals surface area contributed by atoms with E-state index in [0.717, 1.165) is 0 Å². The highest BCUT2D eigenvalue weighted by atomic mass is 35.5. The highest BCUT2D eigenvalue weighted by Crippen LogP contribution is 2.24. The van der Waals surface area contributed by atoms with Crippen LogP contribution < -0.4 is 0 Å². The Bertz CT molecular complexity index is 671. The Morgan fingerprint density at radius 3 is 2.77 bits per heavy atom. The second kappa shape index (κ2) is 7.56. The number of aromatic nitrogens is 1. The molecule has 0 aliphatic carbocycles. The fourth-order valence-electron chi connectivity index (χ4n) is 1.82. The zero-order chi connectivity index (χ0) is 15.9. The molecule has 0 bridgehead atoms. The summed E-state index contributed by atoms with van der Waals surface area (Å²) in [6.07, 6.45) is 2.91. The summed E-state index contributed by atoms with van der Waals surface area (Å²) < 4.78 is 5.06. The van der Waals surface area contributed by atoms with E-state index in [9.17, 15) is 9.90 Å². The monoisotopic (exact) mass is 318 g/mol. The third-order valence-electron chi connectivity index (χ3n) is 2.88. The van der Waals surface area contributed by atoms with E-state index >= 15 is 0 Å². The van der Waals surface area contributed by atoms with Gasteiger partial charge in [-0.25, -0.2) is 9.98 Å². The van der Waals surface area contributed by atoms with E-state index in [1.807, 2.05) is 0 Å². The van der Waals surface area contributed by atoms with Crippen LogP contribution in [0.2, 0.25) is 5.02 Å². The van der Waals surface area contributed by atoms with Crippen LogP contribution in [0.1, 0.15) is 18.4 Å². The molecule has 0 spiro atoms. The quantitative estimate of drug-likeness (QED) is 0.676. The summed E-state index contributed by atoms with van der Waals surface area (Å²) in [5.41, 5.74) is 0.696. The Morgan fingerprint density at radius 2 is 2.14 bits per heavy atom. The van der Waals surface area contributed by atoms with Crippen molar-refractivity contribution >= 4 is 29.6 Å². The van der Waals surface area contributed by atoms with Crippen molar-refractivity contribution in [2.24, 2.45) is 4.99 Å². The molecule has 22 heavy (non-hydrogen) atoms. The molecule has 1 atom stereocenters. The van der Waals surface area contributed by atoms with Gasteiger partial charge in [0.15, 0.2) is 11.6 Å². The van der Waals surface area contributed by atoms with Crippen molar-refractivity contribution in [2.75, 3.05) is 6.61 Å². The van der Waals surface area contributed by atoms with Crippen LogP contribution in [-0.4, -0.2) is 28.9 Å². The topological polar surface area (TPSA) is 71.8 Å². The number of carbonyl (C=O) groups excluding carboxylic acids is 1. The number of ether oxygens (including phenoxy) is 1. The van der Waals surface area contributed by atoms with Crippen LogP contribution in [0.4, 0.5) is 5.82 Å². The number of halogens is 1. The molecule has 6 heteroatoms. The van der Waals surface area contributed by atoms with Gasteiger partial charge in [0, 0.05) is 17.4 Å². The highest BCUT2D eigenvalue weighted by molar-refractivity contribution is 6.30. The number of benzene rings is 1. The Morgan fingerprint density at radius 1 is 1.41 bits per heavy atom. The summed E-state index contributed by atoms with van der Waals surface area (Å²) in [4.78, 5) is 20.1. The molecule has 1 aromatic heterocycles. The number of hydrogen-bond donors (Lipinski definition) is 1. The molecule has 0 amide bonds. The van der Waals surface area contributed by atoms with E-state index in [1.54, 1.807) is 37.3 Å². The third kappa shape index (κ3) is 4.05. The summed E-state index contributed by atoms with van der Waals surface area (Å²) in [5, 5.41) is 10.2. The van der Waals surface area contributed by atoms with E-state index in [1.165, 1.54) is 18.5 Å². The molecule has 5 nitrogen and oxygen atoms in total. The molecule has 0 aliphatic heterocycles. The first-order chi connectivity index (χ1) is 10.6. The Balaban J connectivity index is 2.30. The zero-order valence-corrected chi connectivity index (χ0v) is 12.7. The number of pyridine rings is 1. The number of aliphatic imine (C=N–C) groups is 1. The van der Waals surface area contributed by atoms with Crippen molar-refractivity contribution in [3.8, 4) is 5.75 Å². The number of rotatable bonds is 5. The van der Waals surface area contributed by atoms with Crippen molar-refractivity contribution in [3.05, 3.63) is 53.2 Å². The van der Waals surface area contributed by atoms with Crippen molar-refractivity contribution in [1.82, 2.24) is 4.98 Å². The molecule has 0 radical (unpaired) electrons.